The molecule has 0 amide bonds. The lowest BCUT2D eigenvalue weighted by Gasteiger charge is -2.28. The minimum Gasteiger partial charge on any atom is -0.389 e. The van der Waals surface area contributed by atoms with Crippen LogP contribution < -0.4 is 4.90 Å². The topological polar surface area (TPSA) is 23.5 Å². The van der Waals surface area contributed by atoms with Crippen molar-refractivity contribution in [3.8, 4) is 0 Å². The van der Waals surface area contributed by atoms with Gasteiger partial charge in [-0.2, -0.15) is 0 Å². The normalized spacial score (nSPS) is 12.9. The molecule has 0 heterocycles. The van der Waals surface area contributed by atoms with E-state index in [1.807, 2.05) is 12.1 Å². The molecule has 1 N–H and O–H groups in total. The molecule has 1 atom stereocenters. The van der Waals surface area contributed by atoms with Gasteiger partial charge in [0.15, 0.2) is 0 Å². The Morgan fingerprint density at radius 1 is 1.12 bits per heavy atom. The molecule has 90 valence electrons. The molecule has 16 heavy (non-hydrogen) atoms. The number of aliphatic hydroxyl groups is 1. The van der Waals surface area contributed by atoms with Gasteiger partial charge >= 0.3 is 0 Å². The quantitative estimate of drug-likeness (QED) is 0.824. The van der Waals surface area contributed by atoms with Crippen molar-refractivity contribution in [3.05, 3.63) is 29.8 Å². The summed E-state index contributed by atoms with van der Waals surface area (Å²) >= 11 is 0. The second-order valence-electron chi connectivity index (χ2n) is 4.35. The van der Waals surface area contributed by atoms with Gasteiger partial charge in [0, 0.05) is 18.8 Å². The Balaban J connectivity index is 2.80. The molecule has 0 aliphatic heterocycles. The Kier molecular flexibility index (Phi) is 4.81. The number of rotatable bonds is 5. The van der Waals surface area contributed by atoms with E-state index in [2.05, 4.69) is 37.9 Å². The Morgan fingerprint density at radius 2 is 1.62 bits per heavy atom. The third-order valence-corrected chi connectivity index (χ3v) is 3.27. The number of benzene rings is 1. The summed E-state index contributed by atoms with van der Waals surface area (Å²) < 4.78 is 0. The molecule has 0 unspecified atom stereocenters. The first kappa shape index (κ1) is 13.0. The monoisotopic (exact) mass is 221 g/mol. The molecule has 1 aromatic rings. The van der Waals surface area contributed by atoms with Gasteiger partial charge in [-0.25, -0.2) is 0 Å². The van der Waals surface area contributed by atoms with E-state index >= 15 is 0 Å². The Labute approximate surface area is 98.9 Å². The highest BCUT2D eigenvalue weighted by Gasteiger charge is 2.11. The van der Waals surface area contributed by atoms with Crippen LogP contribution in [0.4, 0.5) is 5.69 Å². The molecule has 0 aliphatic rings. The number of anilines is 1. The predicted molar refractivity (Wildman–Crippen MR) is 69.8 cm³/mol. The van der Waals surface area contributed by atoms with Crippen LogP contribution in [0.5, 0.6) is 0 Å². The standard InChI is InChI=1S/C14H23NO/c1-5-13(6-2)15(4)14-9-7-12(8-10-14)11(3)16/h7-11,13,16H,5-6H2,1-4H3/t11-/m0/s1. The molecule has 0 fully saturated rings. The van der Waals surface area contributed by atoms with Gasteiger partial charge in [0.2, 0.25) is 0 Å². The summed E-state index contributed by atoms with van der Waals surface area (Å²) in [6, 6.07) is 8.76. The number of nitrogens with zero attached hydrogens (tertiary/aromatic N) is 1. The van der Waals surface area contributed by atoms with Gasteiger partial charge in [-0.3, -0.25) is 0 Å². The molecular formula is C14H23NO. The molecule has 1 aromatic carbocycles. The van der Waals surface area contributed by atoms with E-state index in [0.29, 0.717) is 6.04 Å². The van der Waals surface area contributed by atoms with Crippen LogP contribution in [0.1, 0.15) is 45.3 Å². The van der Waals surface area contributed by atoms with Gasteiger partial charge < -0.3 is 10.0 Å². The molecule has 0 bridgehead atoms. The molecule has 0 aliphatic carbocycles. The van der Waals surface area contributed by atoms with E-state index in [-0.39, 0.29) is 6.10 Å². The minimum atomic E-state index is -0.382. The second-order valence-corrected chi connectivity index (χ2v) is 4.35. The van der Waals surface area contributed by atoms with Crippen LogP contribution in [0.2, 0.25) is 0 Å². The van der Waals surface area contributed by atoms with Crippen LogP contribution >= 0.6 is 0 Å². The van der Waals surface area contributed by atoms with Gasteiger partial charge in [0.25, 0.3) is 0 Å². The number of aliphatic hydroxyl groups excluding tert-OH is 1. The average molecular weight is 221 g/mol. The number of hydrogen-bond acceptors (Lipinski definition) is 2. The van der Waals surface area contributed by atoms with Crippen molar-refractivity contribution in [3.63, 3.8) is 0 Å². The van der Waals surface area contributed by atoms with Crippen molar-refractivity contribution in [2.75, 3.05) is 11.9 Å². The van der Waals surface area contributed by atoms with E-state index in [9.17, 15) is 5.11 Å². The highest BCUT2D eigenvalue weighted by Crippen LogP contribution is 2.21. The van der Waals surface area contributed by atoms with Crippen molar-refractivity contribution in [1.82, 2.24) is 0 Å². The molecule has 0 saturated heterocycles. The highest BCUT2D eigenvalue weighted by atomic mass is 16.3. The second kappa shape index (κ2) is 5.90. The van der Waals surface area contributed by atoms with Crippen LogP contribution in [0.15, 0.2) is 24.3 Å². The maximum atomic E-state index is 9.44. The summed E-state index contributed by atoms with van der Waals surface area (Å²) in [5, 5.41) is 9.44. The smallest absolute Gasteiger partial charge is 0.0761 e. The summed E-state index contributed by atoms with van der Waals surface area (Å²) in [5.74, 6) is 0. The van der Waals surface area contributed by atoms with Crippen LogP contribution in [0, 0.1) is 0 Å². The van der Waals surface area contributed by atoms with Gasteiger partial charge in [0.1, 0.15) is 0 Å². The zero-order valence-corrected chi connectivity index (χ0v) is 10.8. The molecule has 2 nitrogen and oxygen atoms in total. The van der Waals surface area contributed by atoms with Crippen LogP contribution in [-0.4, -0.2) is 18.2 Å². The highest BCUT2D eigenvalue weighted by molar-refractivity contribution is 5.48. The van der Waals surface area contributed by atoms with Crippen molar-refractivity contribution in [2.24, 2.45) is 0 Å². The molecule has 1 rings (SSSR count). The fraction of sp³-hybridized carbons (Fsp3) is 0.571. The van der Waals surface area contributed by atoms with Crippen molar-refractivity contribution in [1.29, 1.82) is 0 Å². The average Bonchev–Trinajstić information content (AvgIpc) is 2.30. The molecule has 2 heteroatoms. The van der Waals surface area contributed by atoms with Gasteiger partial charge in [-0.15, -0.1) is 0 Å². The molecule has 0 saturated carbocycles. The third-order valence-electron chi connectivity index (χ3n) is 3.27. The van der Waals surface area contributed by atoms with E-state index in [4.69, 9.17) is 0 Å². The zero-order chi connectivity index (χ0) is 12.1. The lowest BCUT2D eigenvalue weighted by Crippen LogP contribution is -2.30. The first-order chi connectivity index (χ1) is 7.60. The fourth-order valence-corrected chi connectivity index (χ4v) is 2.04. The third kappa shape index (κ3) is 2.99. The van der Waals surface area contributed by atoms with Gasteiger partial charge in [-0.05, 0) is 37.5 Å². The summed E-state index contributed by atoms with van der Waals surface area (Å²) in [6.07, 6.45) is 1.93. The summed E-state index contributed by atoms with van der Waals surface area (Å²) in [7, 11) is 2.13. The Morgan fingerprint density at radius 3 is 2.00 bits per heavy atom. The summed E-state index contributed by atoms with van der Waals surface area (Å²) in [4.78, 5) is 2.31. The molecule has 0 aromatic heterocycles. The molecule has 0 radical (unpaired) electrons. The van der Waals surface area contributed by atoms with Crippen molar-refractivity contribution < 1.29 is 5.11 Å². The van der Waals surface area contributed by atoms with E-state index in [0.717, 1.165) is 18.4 Å². The molecular weight excluding hydrogens is 198 g/mol. The van der Waals surface area contributed by atoms with Crippen LogP contribution in [0.25, 0.3) is 0 Å². The number of hydrogen-bond donors (Lipinski definition) is 1. The fourth-order valence-electron chi connectivity index (χ4n) is 2.04. The van der Waals surface area contributed by atoms with Crippen LogP contribution in [0.3, 0.4) is 0 Å². The SMILES string of the molecule is CCC(CC)N(C)c1ccc([C@H](C)O)cc1. The summed E-state index contributed by atoms with van der Waals surface area (Å²) in [6.45, 7) is 6.23. The lowest BCUT2D eigenvalue weighted by atomic mass is 10.1. The lowest BCUT2D eigenvalue weighted by molar-refractivity contribution is 0.199. The maximum absolute atomic E-state index is 9.44. The molecule has 0 spiro atoms. The first-order valence-corrected chi connectivity index (χ1v) is 6.11. The van der Waals surface area contributed by atoms with Crippen molar-refractivity contribution >= 4 is 5.69 Å². The van der Waals surface area contributed by atoms with E-state index in [1.165, 1.54) is 5.69 Å². The Hall–Kier alpha value is -1.02. The largest absolute Gasteiger partial charge is 0.389 e. The van der Waals surface area contributed by atoms with E-state index in [1.54, 1.807) is 6.92 Å². The first-order valence-electron chi connectivity index (χ1n) is 6.11. The van der Waals surface area contributed by atoms with Crippen molar-refractivity contribution in [2.45, 2.75) is 45.8 Å². The summed E-state index contributed by atoms with van der Waals surface area (Å²) in [5.41, 5.74) is 2.19. The predicted octanol–water partition coefficient (Wildman–Crippen LogP) is 3.36. The van der Waals surface area contributed by atoms with E-state index < -0.39 is 0 Å². The minimum absolute atomic E-state index is 0.382. The van der Waals surface area contributed by atoms with Crippen LogP contribution in [-0.2, 0) is 0 Å². The zero-order valence-electron chi connectivity index (χ0n) is 10.8. The van der Waals surface area contributed by atoms with Gasteiger partial charge in [0.05, 0.1) is 6.10 Å². The van der Waals surface area contributed by atoms with Gasteiger partial charge in [-0.1, -0.05) is 26.0 Å². The Bertz CT molecular complexity index is 301. The maximum Gasteiger partial charge on any atom is 0.0761 e.